The van der Waals surface area contributed by atoms with Crippen molar-refractivity contribution in [1.82, 2.24) is 4.57 Å². The molecule has 3 aromatic carbocycles. The molecule has 5 heteroatoms. The summed E-state index contributed by atoms with van der Waals surface area (Å²) in [6.07, 6.45) is 1.98. The first-order valence-electron chi connectivity index (χ1n) is 10.0. The first-order chi connectivity index (χ1) is 15.0. The quantitative estimate of drug-likeness (QED) is 0.312. The second-order valence-corrected chi connectivity index (χ2v) is 9.15. The van der Waals surface area contributed by atoms with Gasteiger partial charge in [0.25, 0.3) is 0 Å². The van der Waals surface area contributed by atoms with Crippen LogP contribution in [0.5, 0.6) is 0 Å². The van der Waals surface area contributed by atoms with Gasteiger partial charge in [-0.1, -0.05) is 48.0 Å². The highest BCUT2D eigenvalue weighted by atomic mass is 35.5. The number of fused-ring (bicyclic) bond motifs is 2. The number of carboxylic acid groups (broad SMARTS) is 1. The maximum Gasteiger partial charge on any atom is 0.307 e. The predicted octanol–water partition coefficient (Wildman–Crippen LogP) is 7.16. The Balaban J connectivity index is 1.66. The Hall–Kier alpha value is -3.08. The molecule has 5 rings (SSSR count). The van der Waals surface area contributed by atoms with Crippen molar-refractivity contribution in [1.29, 1.82) is 0 Å². The molecule has 0 unspecified atom stereocenters. The first kappa shape index (κ1) is 19.9. The number of benzene rings is 3. The standard InChI is InChI=1S/C26H20ClNO2S/c1-16-4-2-3-5-21(16)17-6-8-22-18(11-26(29)30)13-28(24(22)10-17)14-19-15-31-25-9-7-20(27)12-23(19)25/h2-10,12-13,15H,11,14H2,1H3,(H,29,30). The summed E-state index contributed by atoms with van der Waals surface area (Å²) in [4.78, 5) is 11.5. The fourth-order valence-electron chi connectivity index (χ4n) is 4.23. The summed E-state index contributed by atoms with van der Waals surface area (Å²) in [5, 5.41) is 14.4. The highest BCUT2D eigenvalue weighted by Gasteiger charge is 2.15. The topological polar surface area (TPSA) is 42.2 Å². The minimum absolute atomic E-state index is 0.00340. The average Bonchev–Trinajstić information content (AvgIpc) is 3.29. The lowest BCUT2D eigenvalue weighted by Crippen LogP contribution is -2.00. The van der Waals surface area contributed by atoms with E-state index in [1.165, 1.54) is 21.4 Å². The van der Waals surface area contributed by atoms with Gasteiger partial charge >= 0.3 is 5.97 Å². The highest BCUT2D eigenvalue weighted by molar-refractivity contribution is 7.17. The Morgan fingerprint density at radius 3 is 2.68 bits per heavy atom. The molecular weight excluding hydrogens is 426 g/mol. The third kappa shape index (κ3) is 3.73. The minimum Gasteiger partial charge on any atom is -0.481 e. The second kappa shape index (κ2) is 7.88. The van der Waals surface area contributed by atoms with Gasteiger partial charge in [-0.2, -0.15) is 0 Å². The molecule has 0 saturated carbocycles. The summed E-state index contributed by atoms with van der Waals surface area (Å²) in [5.74, 6) is -0.824. The number of carbonyl (C=O) groups is 1. The zero-order chi connectivity index (χ0) is 21.5. The summed E-state index contributed by atoms with van der Waals surface area (Å²) in [6, 6.07) is 20.6. The third-order valence-corrected chi connectivity index (χ3v) is 6.97. The van der Waals surface area contributed by atoms with Crippen LogP contribution in [0.3, 0.4) is 0 Å². The van der Waals surface area contributed by atoms with E-state index in [9.17, 15) is 9.90 Å². The van der Waals surface area contributed by atoms with E-state index in [0.29, 0.717) is 6.54 Å². The number of hydrogen-bond donors (Lipinski definition) is 1. The molecule has 0 saturated heterocycles. The van der Waals surface area contributed by atoms with Crippen molar-refractivity contribution in [2.24, 2.45) is 0 Å². The van der Waals surface area contributed by atoms with Crippen LogP contribution in [0.4, 0.5) is 0 Å². The molecule has 0 fully saturated rings. The minimum atomic E-state index is -0.824. The molecule has 2 heterocycles. The fraction of sp³-hybridized carbons (Fsp3) is 0.115. The van der Waals surface area contributed by atoms with Crippen molar-refractivity contribution >= 4 is 49.9 Å². The van der Waals surface area contributed by atoms with Crippen LogP contribution >= 0.6 is 22.9 Å². The van der Waals surface area contributed by atoms with E-state index < -0.39 is 5.97 Å². The van der Waals surface area contributed by atoms with Crippen LogP contribution in [0.2, 0.25) is 5.02 Å². The van der Waals surface area contributed by atoms with Gasteiger partial charge < -0.3 is 9.67 Å². The zero-order valence-electron chi connectivity index (χ0n) is 16.9. The van der Waals surface area contributed by atoms with Gasteiger partial charge in [-0.15, -0.1) is 11.3 Å². The van der Waals surface area contributed by atoms with E-state index >= 15 is 0 Å². The van der Waals surface area contributed by atoms with Gasteiger partial charge in [-0.3, -0.25) is 4.79 Å². The molecule has 2 aromatic heterocycles. The summed E-state index contributed by atoms with van der Waals surface area (Å²) >= 11 is 7.94. The van der Waals surface area contributed by atoms with Crippen LogP contribution in [-0.2, 0) is 17.8 Å². The van der Waals surface area contributed by atoms with Gasteiger partial charge in [-0.25, -0.2) is 0 Å². The molecule has 5 aromatic rings. The first-order valence-corrected chi connectivity index (χ1v) is 11.3. The van der Waals surface area contributed by atoms with E-state index in [1.54, 1.807) is 11.3 Å². The van der Waals surface area contributed by atoms with Crippen LogP contribution < -0.4 is 0 Å². The summed E-state index contributed by atoms with van der Waals surface area (Å²) in [7, 11) is 0. The summed E-state index contributed by atoms with van der Waals surface area (Å²) in [6.45, 7) is 2.77. The van der Waals surface area contributed by atoms with E-state index in [1.807, 2.05) is 36.5 Å². The van der Waals surface area contributed by atoms with Gasteiger partial charge in [0.05, 0.1) is 6.42 Å². The molecular formula is C26H20ClNO2S. The molecule has 0 aliphatic heterocycles. The fourth-order valence-corrected chi connectivity index (χ4v) is 5.33. The van der Waals surface area contributed by atoms with E-state index in [-0.39, 0.29) is 6.42 Å². The molecule has 0 bridgehead atoms. The largest absolute Gasteiger partial charge is 0.481 e. The maximum absolute atomic E-state index is 11.5. The van der Waals surface area contributed by atoms with Crippen LogP contribution in [0.15, 0.2) is 72.2 Å². The van der Waals surface area contributed by atoms with Gasteiger partial charge in [0.1, 0.15) is 0 Å². The lowest BCUT2D eigenvalue weighted by atomic mass is 9.99. The molecule has 0 radical (unpaired) electrons. The van der Waals surface area contributed by atoms with Crippen molar-refractivity contribution in [3.63, 3.8) is 0 Å². The van der Waals surface area contributed by atoms with Crippen molar-refractivity contribution in [2.45, 2.75) is 19.9 Å². The molecule has 0 aliphatic carbocycles. The molecule has 0 aliphatic rings. The number of hydrogen-bond acceptors (Lipinski definition) is 2. The number of halogens is 1. The number of nitrogens with zero attached hydrogens (tertiary/aromatic N) is 1. The lowest BCUT2D eigenvalue weighted by molar-refractivity contribution is -0.136. The molecule has 1 N–H and O–H groups in total. The van der Waals surface area contributed by atoms with Crippen LogP contribution in [-0.4, -0.2) is 15.6 Å². The molecule has 0 amide bonds. The van der Waals surface area contributed by atoms with E-state index in [4.69, 9.17) is 11.6 Å². The number of aromatic nitrogens is 1. The lowest BCUT2D eigenvalue weighted by Gasteiger charge is -2.09. The Kier molecular flexibility index (Phi) is 5.05. The molecule has 0 spiro atoms. The van der Waals surface area contributed by atoms with Gasteiger partial charge in [0.2, 0.25) is 0 Å². The van der Waals surface area contributed by atoms with E-state index in [0.717, 1.165) is 32.4 Å². The molecule has 0 atom stereocenters. The normalized spacial score (nSPS) is 11.4. The molecule has 154 valence electrons. The Labute approximate surface area is 189 Å². The van der Waals surface area contributed by atoms with Crippen molar-refractivity contribution < 1.29 is 9.90 Å². The SMILES string of the molecule is Cc1ccccc1-c1ccc2c(CC(=O)O)cn(Cc3csc4ccc(Cl)cc34)c2c1. The Morgan fingerprint density at radius 1 is 1.03 bits per heavy atom. The second-order valence-electron chi connectivity index (χ2n) is 7.80. The number of aliphatic carboxylic acids is 1. The Bertz CT molecular complexity index is 1450. The third-order valence-electron chi connectivity index (χ3n) is 5.72. The number of rotatable bonds is 5. The number of carboxylic acids is 1. The van der Waals surface area contributed by atoms with Crippen molar-refractivity contribution in [2.75, 3.05) is 0 Å². The van der Waals surface area contributed by atoms with Gasteiger partial charge in [0, 0.05) is 33.4 Å². The summed E-state index contributed by atoms with van der Waals surface area (Å²) in [5.41, 5.74) is 6.58. The van der Waals surface area contributed by atoms with Gasteiger partial charge in [0.15, 0.2) is 0 Å². The van der Waals surface area contributed by atoms with Crippen molar-refractivity contribution in [3.05, 3.63) is 94.0 Å². The molecule has 31 heavy (non-hydrogen) atoms. The van der Waals surface area contributed by atoms with Crippen LogP contribution in [0, 0.1) is 6.92 Å². The summed E-state index contributed by atoms with van der Waals surface area (Å²) < 4.78 is 3.36. The zero-order valence-corrected chi connectivity index (χ0v) is 18.5. The monoisotopic (exact) mass is 445 g/mol. The predicted molar refractivity (Wildman–Crippen MR) is 129 cm³/mol. The van der Waals surface area contributed by atoms with Crippen LogP contribution in [0.1, 0.15) is 16.7 Å². The smallest absolute Gasteiger partial charge is 0.307 e. The molecule has 3 nitrogen and oxygen atoms in total. The Morgan fingerprint density at radius 2 is 1.87 bits per heavy atom. The van der Waals surface area contributed by atoms with E-state index in [2.05, 4.69) is 47.2 Å². The average molecular weight is 446 g/mol. The maximum atomic E-state index is 11.5. The number of aryl methyl sites for hydroxylation is 1. The highest BCUT2D eigenvalue weighted by Crippen LogP contribution is 2.33. The number of thiophene rings is 1. The van der Waals surface area contributed by atoms with Crippen molar-refractivity contribution in [3.8, 4) is 11.1 Å². The van der Waals surface area contributed by atoms with Crippen LogP contribution in [0.25, 0.3) is 32.1 Å². The van der Waals surface area contributed by atoms with Gasteiger partial charge in [-0.05, 0) is 69.8 Å².